The first-order valence-electron chi connectivity index (χ1n) is 9.22. The van der Waals surface area contributed by atoms with Gasteiger partial charge in [0.25, 0.3) is 5.91 Å². The van der Waals surface area contributed by atoms with Gasteiger partial charge in [-0.25, -0.2) is 8.42 Å². The molecule has 1 N–H and O–H groups in total. The summed E-state index contributed by atoms with van der Waals surface area (Å²) in [5.74, 6) is -0.713. The van der Waals surface area contributed by atoms with E-state index >= 15 is 0 Å². The third-order valence-corrected chi connectivity index (χ3v) is 6.63. The number of aryl methyl sites for hydroxylation is 1. The number of rotatable bonds is 6. The van der Waals surface area contributed by atoms with Gasteiger partial charge in [-0.2, -0.15) is 4.31 Å². The molecule has 0 spiro atoms. The molecular formula is C21H22N2O5S. The Hall–Kier alpha value is -2.97. The summed E-state index contributed by atoms with van der Waals surface area (Å²) in [6.07, 6.45) is 0. The summed E-state index contributed by atoms with van der Waals surface area (Å²) in [6.45, 7) is 6.15. The Balaban J connectivity index is 1.84. The molecule has 29 heavy (non-hydrogen) atoms. The number of nitrogens with one attached hydrogen (secondary N) is 1. The van der Waals surface area contributed by atoms with Crippen LogP contribution >= 0.6 is 0 Å². The topological polar surface area (TPSA) is 96.7 Å². The van der Waals surface area contributed by atoms with Gasteiger partial charge in [0.1, 0.15) is 5.58 Å². The van der Waals surface area contributed by atoms with Crippen molar-refractivity contribution in [2.75, 3.05) is 18.4 Å². The maximum absolute atomic E-state index is 12.5. The lowest BCUT2D eigenvalue weighted by Crippen LogP contribution is -2.30. The van der Waals surface area contributed by atoms with Crippen molar-refractivity contribution in [2.45, 2.75) is 25.7 Å². The van der Waals surface area contributed by atoms with Crippen LogP contribution in [0.25, 0.3) is 11.0 Å². The number of carbonyl (C=O) groups is 1. The number of sulfonamides is 1. The Morgan fingerprint density at radius 3 is 2.31 bits per heavy atom. The second-order valence-corrected chi connectivity index (χ2v) is 8.48. The van der Waals surface area contributed by atoms with E-state index in [2.05, 4.69) is 5.32 Å². The van der Waals surface area contributed by atoms with Gasteiger partial charge in [-0.15, -0.1) is 0 Å². The highest BCUT2D eigenvalue weighted by Crippen LogP contribution is 2.19. The molecule has 0 aliphatic carbocycles. The highest BCUT2D eigenvalue weighted by molar-refractivity contribution is 7.89. The lowest BCUT2D eigenvalue weighted by Gasteiger charge is -2.18. The maximum Gasteiger partial charge on any atom is 0.291 e. The molecule has 1 amide bonds. The predicted molar refractivity (Wildman–Crippen MR) is 112 cm³/mol. The van der Waals surface area contributed by atoms with E-state index in [0.717, 1.165) is 11.6 Å². The molecule has 0 aliphatic rings. The summed E-state index contributed by atoms with van der Waals surface area (Å²) >= 11 is 0. The minimum absolute atomic E-state index is 0.119. The van der Waals surface area contributed by atoms with E-state index in [4.69, 9.17) is 4.42 Å². The van der Waals surface area contributed by atoms with Gasteiger partial charge in [0, 0.05) is 24.8 Å². The molecule has 1 heterocycles. The first kappa shape index (κ1) is 20.8. The number of amides is 1. The van der Waals surface area contributed by atoms with Crippen molar-refractivity contribution in [1.29, 1.82) is 0 Å². The average molecular weight is 414 g/mol. The highest BCUT2D eigenvalue weighted by Gasteiger charge is 2.21. The van der Waals surface area contributed by atoms with Crippen molar-refractivity contribution >= 4 is 32.6 Å². The first-order valence-corrected chi connectivity index (χ1v) is 10.7. The molecule has 8 heteroatoms. The number of benzene rings is 2. The second kappa shape index (κ2) is 8.18. The van der Waals surface area contributed by atoms with Crippen LogP contribution in [0, 0.1) is 6.92 Å². The Labute approximate surface area is 169 Å². The smallest absolute Gasteiger partial charge is 0.291 e. The minimum atomic E-state index is -3.57. The van der Waals surface area contributed by atoms with E-state index < -0.39 is 15.9 Å². The molecule has 1 aromatic heterocycles. The summed E-state index contributed by atoms with van der Waals surface area (Å²) in [5.41, 5.74) is 1.33. The molecule has 0 atom stereocenters. The van der Waals surface area contributed by atoms with Crippen LogP contribution in [0.3, 0.4) is 0 Å². The van der Waals surface area contributed by atoms with Crippen molar-refractivity contribution in [3.8, 4) is 0 Å². The molecule has 0 radical (unpaired) electrons. The molecule has 7 nitrogen and oxygen atoms in total. The Morgan fingerprint density at radius 1 is 1.03 bits per heavy atom. The molecule has 0 saturated carbocycles. The van der Waals surface area contributed by atoms with Crippen LogP contribution in [-0.4, -0.2) is 31.7 Å². The summed E-state index contributed by atoms with van der Waals surface area (Å²) in [4.78, 5) is 24.9. The van der Waals surface area contributed by atoms with Crippen molar-refractivity contribution < 1.29 is 17.6 Å². The summed E-state index contributed by atoms with van der Waals surface area (Å²) < 4.78 is 32.0. The van der Waals surface area contributed by atoms with Crippen molar-refractivity contribution in [1.82, 2.24) is 4.31 Å². The fraction of sp³-hybridized carbons (Fsp3) is 0.238. The number of hydrogen-bond donors (Lipinski definition) is 1. The van der Waals surface area contributed by atoms with Gasteiger partial charge in [-0.3, -0.25) is 9.59 Å². The molecule has 0 aliphatic heterocycles. The average Bonchev–Trinajstić information content (AvgIpc) is 2.69. The van der Waals surface area contributed by atoms with E-state index in [1.54, 1.807) is 32.0 Å². The van der Waals surface area contributed by atoms with Gasteiger partial charge >= 0.3 is 0 Å². The van der Waals surface area contributed by atoms with Crippen molar-refractivity contribution in [2.24, 2.45) is 0 Å². The SMILES string of the molecule is CCN(CC)S(=O)(=O)c1ccc(NC(=O)c2cc(=O)c3cc(C)ccc3o2)cc1. The van der Waals surface area contributed by atoms with Crippen molar-refractivity contribution in [3.05, 3.63) is 70.1 Å². The van der Waals surface area contributed by atoms with Gasteiger partial charge < -0.3 is 9.73 Å². The number of carbonyl (C=O) groups excluding carboxylic acids is 1. The highest BCUT2D eigenvalue weighted by atomic mass is 32.2. The normalized spacial score (nSPS) is 11.7. The van der Waals surface area contributed by atoms with Crippen LogP contribution < -0.4 is 10.7 Å². The van der Waals surface area contributed by atoms with Gasteiger partial charge in [-0.1, -0.05) is 25.5 Å². The van der Waals surface area contributed by atoms with Crippen LogP contribution in [0.5, 0.6) is 0 Å². The van der Waals surface area contributed by atoms with Crippen LogP contribution in [-0.2, 0) is 10.0 Å². The standard InChI is InChI=1S/C21H22N2O5S/c1-4-23(5-2)29(26,27)16-9-7-15(8-10-16)22-21(25)20-13-18(24)17-12-14(3)6-11-19(17)28-20/h6-13H,4-5H2,1-3H3,(H,22,25). The summed E-state index contributed by atoms with van der Waals surface area (Å²) in [7, 11) is -3.57. The van der Waals surface area contributed by atoms with E-state index in [-0.39, 0.29) is 16.1 Å². The van der Waals surface area contributed by atoms with Crippen molar-refractivity contribution in [3.63, 3.8) is 0 Å². The molecule has 0 unspecified atom stereocenters. The predicted octanol–water partition coefficient (Wildman–Crippen LogP) is 3.38. The molecule has 152 valence electrons. The molecule has 0 bridgehead atoms. The Kier molecular flexibility index (Phi) is 5.86. The van der Waals surface area contributed by atoms with Crippen LogP contribution in [0.15, 0.2) is 62.6 Å². The van der Waals surface area contributed by atoms with Crippen LogP contribution in [0.2, 0.25) is 0 Å². The number of hydrogen-bond acceptors (Lipinski definition) is 5. The van der Waals surface area contributed by atoms with Gasteiger partial charge in [0.05, 0.1) is 10.3 Å². The van der Waals surface area contributed by atoms with Crippen LogP contribution in [0.4, 0.5) is 5.69 Å². The fourth-order valence-corrected chi connectivity index (χ4v) is 4.46. The largest absolute Gasteiger partial charge is 0.451 e. The number of fused-ring (bicyclic) bond motifs is 1. The number of anilines is 1. The molecule has 3 aromatic rings. The summed E-state index contributed by atoms with van der Waals surface area (Å²) in [5, 5.41) is 3.03. The van der Waals surface area contributed by atoms with Gasteiger partial charge in [-0.05, 0) is 43.3 Å². The van der Waals surface area contributed by atoms with E-state index in [1.807, 2.05) is 6.92 Å². The molecular weight excluding hydrogens is 392 g/mol. The quantitative estimate of drug-likeness (QED) is 0.667. The monoisotopic (exact) mass is 414 g/mol. The lowest BCUT2D eigenvalue weighted by molar-refractivity contribution is 0.0997. The maximum atomic E-state index is 12.5. The number of nitrogens with zero attached hydrogens (tertiary/aromatic N) is 1. The minimum Gasteiger partial charge on any atom is -0.451 e. The zero-order valence-electron chi connectivity index (χ0n) is 16.4. The fourth-order valence-electron chi connectivity index (χ4n) is 3.00. The third-order valence-electron chi connectivity index (χ3n) is 4.56. The summed E-state index contributed by atoms with van der Waals surface area (Å²) in [6, 6.07) is 12.2. The third kappa shape index (κ3) is 4.23. The molecule has 3 rings (SSSR count). The van der Waals surface area contributed by atoms with Gasteiger partial charge in [0.2, 0.25) is 10.0 Å². The Bertz CT molecular complexity index is 1210. The Morgan fingerprint density at radius 2 is 1.69 bits per heavy atom. The van der Waals surface area contributed by atoms with E-state index in [1.165, 1.54) is 28.6 Å². The zero-order chi connectivity index (χ0) is 21.2. The zero-order valence-corrected chi connectivity index (χ0v) is 17.2. The lowest BCUT2D eigenvalue weighted by atomic mass is 10.1. The molecule has 2 aromatic carbocycles. The van der Waals surface area contributed by atoms with Gasteiger partial charge in [0.15, 0.2) is 11.2 Å². The van der Waals surface area contributed by atoms with E-state index in [0.29, 0.717) is 29.7 Å². The van der Waals surface area contributed by atoms with E-state index in [9.17, 15) is 18.0 Å². The first-order chi connectivity index (χ1) is 13.8. The molecule has 0 fully saturated rings. The second-order valence-electron chi connectivity index (χ2n) is 6.54. The van der Waals surface area contributed by atoms with Crippen LogP contribution in [0.1, 0.15) is 30.0 Å². The molecule has 0 saturated heterocycles.